The van der Waals surface area contributed by atoms with E-state index in [9.17, 15) is 4.79 Å². The van der Waals surface area contributed by atoms with Crippen molar-refractivity contribution in [3.63, 3.8) is 0 Å². The lowest BCUT2D eigenvalue weighted by molar-refractivity contribution is 0.0954. The molecule has 1 aromatic carbocycles. The fourth-order valence-corrected chi connectivity index (χ4v) is 1.62. The van der Waals surface area contributed by atoms with Crippen LogP contribution in [0.15, 0.2) is 29.4 Å². The third kappa shape index (κ3) is 5.32. The van der Waals surface area contributed by atoms with Crippen molar-refractivity contribution in [1.29, 1.82) is 0 Å². The summed E-state index contributed by atoms with van der Waals surface area (Å²) in [5, 5.41) is 4.70. The van der Waals surface area contributed by atoms with Crippen molar-refractivity contribution in [3.05, 3.63) is 34.9 Å². The highest BCUT2D eigenvalue weighted by Gasteiger charge is 2.03. The normalized spacial score (nSPS) is 11.4. The van der Waals surface area contributed by atoms with Crippen molar-refractivity contribution < 1.29 is 4.79 Å². The Balaban J connectivity index is 2.44. The SMILES string of the molecule is CCCCC/C(C)=N/NC(=O)c1ccc(Cl)cc1. The molecule has 1 rings (SSSR count). The van der Waals surface area contributed by atoms with Gasteiger partial charge in [0.2, 0.25) is 0 Å². The summed E-state index contributed by atoms with van der Waals surface area (Å²) in [6, 6.07) is 6.74. The van der Waals surface area contributed by atoms with Crippen LogP contribution in [-0.2, 0) is 0 Å². The topological polar surface area (TPSA) is 41.5 Å². The van der Waals surface area contributed by atoms with Crippen molar-refractivity contribution >= 4 is 23.2 Å². The molecule has 0 saturated carbocycles. The smallest absolute Gasteiger partial charge is 0.267 e. The summed E-state index contributed by atoms with van der Waals surface area (Å²) in [5.41, 5.74) is 4.06. The number of benzene rings is 1. The summed E-state index contributed by atoms with van der Waals surface area (Å²) >= 11 is 5.76. The zero-order valence-electron chi connectivity index (χ0n) is 10.9. The molecular weight excluding hydrogens is 248 g/mol. The van der Waals surface area contributed by atoms with E-state index >= 15 is 0 Å². The molecule has 1 amide bonds. The summed E-state index contributed by atoms with van der Waals surface area (Å²) in [6.45, 7) is 4.09. The Morgan fingerprint density at radius 1 is 1.28 bits per heavy atom. The third-order valence-electron chi connectivity index (χ3n) is 2.60. The number of halogens is 1. The van der Waals surface area contributed by atoms with Crippen LogP contribution < -0.4 is 5.43 Å². The largest absolute Gasteiger partial charge is 0.271 e. The van der Waals surface area contributed by atoms with Gasteiger partial charge in [-0.1, -0.05) is 31.4 Å². The number of amides is 1. The van der Waals surface area contributed by atoms with Gasteiger partial charge in [0, 0.05) is 16.3 Å². The first kappa shape index (κ1) is 14.7. The van der Waals surface area contributed by atoms with Gasteiger partial charge in [0.25, 0.3) is 5.91 Å². The first-order valence-corrected chi connectivity index (χ1v) is 6.60. The number of rotatable bonds is 6. The quantitative estimate of drug-likeness (QED) is 0.471. The Morgan fingerprint density at radius 3 is 2.56 bits per heavy atom. The zero-order valence-corrected chi connectivity index (χ0v) is 11.6. The van der Waals surface area contributed by atoms with Crippen LogP contribution in [0.4, 0.5) is 0 Å². The van der Waals surface area contributed by atoms with E-state index in [2.05, 4.69) is 17.5 Å². The zero-order chi connectivity index (χ0) is 13.4. The van der Waals surface area contributed by atoms with Gasteiger partial charge in [-0.2, -0.15) is 5.10 Å². The maximum Gasteiger partial charge on any atom is 0.271 e. The number of nitrogens with zero attached hydrogens (tertiary/aromatic N) is 1. The van der Waals surface area contributed by atoms with Crippen molar-refractivity contribution in [2.75, 3.05) is 0 Å². The molecular formula is C14H19ClN2O. The molecule has 0 aliphatic heterocycles. The highest BCUT2D eigenvalue weighted by Crippen LogP contribution is 2.09. The van der Waals surface area contributed by atoms with Gasteiger partial charge < -0.3 is 0 Å². The van der Waals surface area contributed by atoms with Gasteiger partial charge in [-0.05, 0) is 44.0 Å². The molecule has 0 atom stereocenters. The average Bonchev–Trinajstić information content (AvgIpc) is 2.37. The van der Waals surface area contributed by atoms with Gasteiger partial charge in [-0.3, -0.25) is 4.79 Å². The molecule has 0 aliphatic carbocycles. The summed E-state index contributed by atoms with van der Waals surface area (Å²) in [6.07, 6.45) is 4.42. The number of unbranched alkanes of at least 4 members (excludes halogenated alkanes) is 2. The predicted octanol–water partition coefficient (Wildman–Crippen LogP) is 4.03. The Morgan fingerprint density at radius 2 is 1.94 bits per heavy atom. The Kier molecular flexibility index (Phi) is 6.44. The van der Waals surface area contributed by atoms with Gasteiger partial charge in [-0.15, -0.1) is 0 Å². The van der Waals surface area contributed by atoms with E-state index in [1.54, 1.807) is 24.3 Å². The van der Waals surface area contributed by atoms with Crippen LogP contribution in [0, 0.1) is 0 Å². The van der Waals surface area contributed by atoms with E-state index in [0.29, 0.717) is 10.6 Å². The first-order valence-electron chi connectivity index (χ1n) is 6.22. The lowest BCUT2D eigenvalue weighted by Crippen LogP contribution is -2.18. The number of nitrogens with one attached hydrogen (secondary N) is 1. The fraction of sp³-hybridized carbons (Fsp3) is 0.429. The fourth-order valence-electron chi connectivity index (χ4n) is 1.50. The van der Waals surface area contributed by atoms with Crippen LogP contribution in [0.2, 0.25) is 5.02 Å². The van der Waals surface area contributed by atoms with Crippen molar-refractivity contribution in [2.45, 2.75) is 39.5 Å². The molecule has 4 heteroatoms. The lowest BCUT2D eigenvalue weighted by atomic mass is 10.1. The van der Waals surface area contributed by atoms with Gasteiger partial charge in [0.1, 0.15) is 0 Å². The van der Waals surface area contributed by atoms with Crippen LogP contribution in [0.1, 0.15) is 49.9 Å². The van der Waals surface area contributed by atoms with Gasteiger partial charge in [0.05, 0.1) is 0 Å². The molecule has 98 valence electrons. The second kappa shape index (κ2) is 7.88. The van der Waals surface area contributed by atoms with Crippen LogP contribution in [0.25, 0.3) is 0 Å². The van der Waals surface area contributed by atoms with Gasteiger partial charge >= 0.3 is 0 Å². The van der Waals surface area contributed by atoms with Crippen molar-refractivity contribution in [3.8, 4) is 0 Å². The second-order valence-corrected chi connectivity index (χ2v) is 4.69. The summed E-state index contributed by atoms with van der Waals surface area (Å²) < 4.78 is 0. The molecule has 3 nitrogen and oxygen atoms in total. The first-order chi connectivity index (χ1) is 8.63. The monoisotopic (exact) mass is 266 g/mol. The van der Waals surface area contributed by atoms with E-state index in [1.165, 1.54) is 12.8 Å². The third-order valence-corrected chi connectivity index (χ3v) is 2.85. The molecule has 0 spiro atoms. The minimum atomic E-state index is -0.207. The minimum Gasteiger partial charge on any atom is -0.267 e. The Hall–Kier alpha value is -1.35. The lowest BCUT2D eigenvalue weighted by Gasteiger charge is -2.02. The standard InChI is InChI=1S/C14H19ClN2O/c1-3-4-5-6-11(2)16-17-14(18)12-7-9-13(15)10-8-12/h7-10H,3-6H2,1-2H3,(H,17,18)/b16-11+. The van der Waals surface area contributed by atoms with Crippen LogP contribution in [0.5, 0.6) is 0 Å². The molecule has 0 fully saturated rings. The molecule has 0 aromatic heterocycles. The summed E-state index contributed by atoms with van der Waals surface area (Å²) in [5.74, 6) is -0.207. The van der Waals surface area contributed by atoms with Gasteiger partial charge in [0.15, 0.2) is 0 Å². The number of hydrazone groups is 1. The molecule has 0 unspecified atom stereocenters. The van der Waals surface area contributed by atoms with Crippen molar-refractivity contribution in [1.82, 2.24) is 5.43 Å². The number of hydrogen-bond acceptors (Lipinski definition) is 2. The minimum absolute atomic E-state index is 0.207. The second-order valence-electron chi connectivity index (χ2n) is 4.25. The van der Waals surface area contributed by atoms with E-state index in [0.717, 1.165) is 18.6 Å². The average molecular weight is 267 g/mol. The van der Waals surface area contributed by atoms with E-state index in [1.807, 2.05) is 6.92 Å². The Labute approximate surface area is 113 Å². The van der Waals surface area contributed by atoms with E-state index < -0.39 is 0 Å². The van der Waals surface area contributed by atoms with Crippen molar-refractivity contribution in [2.24, 2.45) is 5.10 Å². The number of carbonyl (C=O) groups excluding carboxylic acids is 1. The maximum atomic E-state index is 11.7. The highest BCUT2D eigenvalue weighted by molar-refractivity contribution is 6.30. The van der Waals surface area contributed by atoms with Crippen LogP contribution in [0.3, 0.4) is 0 Å². The molecule has 0 heterocycles. The number of hydrogen-bond donors (Lipinski definition) is 1. The Bertz CT molecular complexity index is 412. The maximum absolute atomic E-state index is 11.7. The molecule has 1 aromatic rings. The van der Waals surface area contributed by atoms with Crippen LogP contribution in [-0.4, -0.2) is 11.6 Å². The molecule has 0 bridgehead atoms. The molecule has 18 heavy (non-hydrogen) atoms. The van der Waals surface area contributed by atoms with Gasteiger partial charge in [-0.25, -0.2) is 5.43 Å². The van der Waals surface area contributed by atoms with E-state index in [4.69, 9.17) is 11.6 Å². The highest BCUT2D eigenvalue weighted by atomic mass is 35.5. The van der Waals surface area contributed by atoms with E-state index in [-0.39, 0.29) is 5.91 Å². The molecule has 0 saturated heterocycles. The summed E-state index contributed by atoms with van der Waals surface area (Å²) in [4.78, 5) is 11.7. The summed E-state index contributed by atoms with van der Waals surface area (Å²) in [7, 11) is 0. The predicted molar refractivity (Wildman–Crippen MR) is 76.2 cm³/mol. The molecule has 0 radical (unpaired) electrons. The van der Waals surface area contributed by atoms with Crippen LogP contribution >= 0.6 is 11.6 Å². The molecule has 0 aliphatic rings. The molecule has 1 N–H and O–H groups in total. The number of carbonyl (C=O) groups is 1.